The van der Waals surface area contributed by atoms with Gasteiger partial charge in [0.1, 0.15) is 8.35 Å². The summed E-state index contributed by atoms with van der Waals surface area (Å²) in [6.07, 6.45) is 0. The topological polar surface area (TPSA) is 0 Å². The fourth-order valence-corrected chi connectivity index (χ4v) is 137. The summed E-state index contributed by atoms with van der Waals surface area (Å²) in [4.78, 5) is 0. The summed E-state index contributed by atoms with van der Waals surface area (Å²) >= 11 is 59.6. The van der Waals surface area contributed by atoms with Gasteiger partial charge in [-0.1, -0.05) is 0 Å². The number of rotatable bonds is 4. The van der Waals surface area contributed by atoms with Crippen molar-refractivity contribution in [2.75, 3.05) is 0 Å². The molecule has 0 nitrogen and oxygen atoms in total. The molecule has 0 aromatic rings. The van der Waals surface area contributed by atoms with Crippen molar-refractivity contribution in [2.45, 2.75) is 0 Å². The highest BCUT2D eigenvalue weighted by Gasteiger charge is 2.75. The average Bonchev–Trinajstić information content (AvgIpc) is 1.98. The second-order valence-electron chi connectivity index (χ2n) is 2.50. The van der Waals surface area contributed by atoms with Gasteiger partial charge in [0, 0.05) is 0 Å². The number of hydrogen-bond acceptors (Lipinski definition) is 0. The van der Waals surface area contributed by atoms with Crippen molar-refractivity contribution in [1.29, 1.82) is 0 Å². The van der Waals surface area contributed by atoms with E-state index in [-0.39, 0.29) is 0 Å². The minimum absolute atomic E-state index is 1.43. The van der Waals surface area contributed by atoms with E-state index in [9.17, 15) is 0 Å². The molecule has 0 radical (unpaired) electrons. The number of hydrogen-bond donors (Lipinski definition) is 0. The standard InChI is InChI=1S/Cl10H2Si5/c1-11-15(10,13(5,6)7)14(8,9)12(2,3)4/h11H2. The molecule has 0 N–H and O–H groups in total. The zero-order chi connectivity index (χ0) is 12.7. The van der Waals surface area contributed by atoms with Gasteiger partial charge in [-0.25, -0.2) is 0 Å². The molecule has 0 spiro atoms. The minimum atomic E-state index is -3.41. The van der Waals surface area contributed by atoms with Gasteiger partial charge >= 0.3 is 11.0 Å². The lowest BCUT2D eigenvalue weighted by Crippen LogP contribution is -2.74. The first-order valence-electron chi connectivity index (χ1n) is 3.07. The predicted octanol–water partition coefficient (Wildman–Crippen LogP) is 4.46. The molecule has 0 saturated carbocycles. The van der Waals surface area contributed by atoms with Gasteiger partial charge in [-0.2, -0.15) is 22.2 Å². The fraction of sp³-hybridized carbons (Fsp3) is 0. The van der Waals surface area contributed by atoms with E-state index < -0.39 is 31.1 Å². The SMILES string of the molecule is Cl[SiH2][Si](Cl)([Si](Cl)(Cl)Cl)[Si](Cl)(Cl)[Si](Cl)(Cl)Cl. The van der Waals surface area contributed by atoms with Crippen molar-refractivity contribution in [3.63, 3.8) is 0 Å². The highest BCUT2D eigenvalue weighted by atomic mass is 35.9. The normalized spacial score (nSPS) is 19.6. The zero-order valence-corrected chi connectivity index (χ0v) is 19.5. The molecule has 92 valence electrons. The molecular weight excluding hydrogens is 495 g/mol. The first kappa shape index (κ1) is 19.0. The van der Waals surface area contributed by atoms with Crippen LogP contribution in [0, 0.1) is 0 Å². The fourth-order valence-electron chi connectivity index (χ4n) is 0.562. The van der Waals surface area contributed by atoms with E-state index in [1.807, 2.05) is 0 Å². The monoisotopic (exact) mass is 492 g/mol. The largest absolute Gasteiger partial charge is 0.356 e. The Hall–Kier alpha value is 3.98. The smallest absolute Gasteiger partial charge is 0.178 e. The summed E-state index contributed by atoms with van der Waals surface area (Å²) in [6, 6.07) is 0. The maximum atomic E-state index is 6.29. The van der Waals surface area contributed by atoms with E-state index in [1.165, 1.54) is 0 Å². The lowest BCUT2D eigenvalue weighted by Gasteiger charge is -2.38. The van der Waals surface area contributed by atoms with Crippen LogP contribution in [0.25, 0.3) is 0 Å². The van der Waals surface area contributed by atoms with Gasteiger partial charge in [0.2, 0.25) is 5.94 Å². The Balaban J connectivity index is 5.50. The molecule has 0 aromatic carbocycles. The van der Waals surface area contributed by atoms with Crippen LogP contribution in [-0.4, -0.2) is 31.1 Å². The molecular formula is H2Cl10Si5. The maximum absolute atomic E-state index is 6.29. The summed E-state index contributed by atoms with van der Waals surface area (Å²) in [5, 5.41) is 0. The molecule has 0 saturated heterocycles. The van der Waals surface area contributed by atoms with Crippen LogP contribution < -0.4 is 0 Å². The van der Waals surface area contributed by atoms with Crippen molar-refractivity contribution < 1.29 is 0 Å². The quantitative estimate of drug-likeness (QED) is 0.398. The molecule has 0 rings (SSSR count). The second kappa shape index (κ2) is 6.18. The predicted molar refractivity (Wildman–Crippen MR) is 90.1 cm³/mol. The van der Waals surface area contributed by atoms with Crippen LogP contribution in [0.2, 0.25) is 0 Å². The Morgan fingerprint density at radius 3 is 1.00 bits per heavy atom. The Labute approximate surface area is 140 Å². The lowest BCUT2D eigenvalue weighted by atomic mass is 26.1. The molecule has 1 unspecified atom stereocenters. The summed E-state index contributed by atoms with van der Waals surface area (Å²) in [7, 11) is -1.43. The molecule has 0 aliphatic carbocycles. The Kier molecular flexibility index (Phi) is 7.82. The van der Waals surface area contributed by atoms with E-state index >= 15 is 0 Å². The molecule has 0 aromatic heterocycles. The zero-order valence-electron chi connectivity index (χ0n) is 6.49. The third-order valence-electron chi connectivity index (χ3n) is 1.49. The van der Waals surface area contributed by atoms with Gasteiger partial charge in [-0.15, -0.1) is 88.6 Å². The minimum Gasteiger partial charge on any atom is -0.178 e. The van der Waals surface area contributed by atoms with Crippen LogP contribution in [0.1, 0.15) is 0 Å². The molecule has 15 heteroatoms. The third kappa shape index (κ3) is 3.98. The van der Waals surface area contributed by atoms with Crippen LogP contribution in [0.15, 0.2) is 0 Å². The van der Waals surface area contributed by atoms with Gasteiger partial charge in [-0.05, 0) is 0 Å². The van der Waals surface area contributed by atoms with Crippen molar-refractivity contribution in [3.05, 3.63) is 0 Å². The van der Waals surface area contributed by atoms with Crippen molar-refractivity contribution in [1.82, 2.24) is 0 Å². The Morgan fingerprint density at radius 2 is 0.933 bits per heavy atom. The average molecular weight is 497 g/mol. The summed E-state index contributed by atoms with van der Waals surface area (Å²) in [6.45, 7) is 0. The van der Waals surface area contributed by atoms with E-state index in [2.05, 4.69) is 0 Å². The van der Waals surface area contributed by atoms with E-state index in [0.29, 0.717) is 0 Å². The van der Waals surface area contributed by atoms with Crippen molar-refractivity contribution in [3.8, 4) is 0 Å². The molecule has 0 aliphatic rings. The van der Waals surface area contributed by atoms with Gasteiger partial charge in [-0.3, -0.25) is 0 Å². The van der Waals surface area contributed by atoms with Crippen molar-refractivity contribution >= 4 is 142 Å². The van der Waals surface area contributed by atoms with E-state index in [0.717, 1.165) is 0 Å². The summed E-state index contributed by atoms with van der Waals surface area (Å²) in [5.74, 6) is -3.14. The van der Waals surface area contributed by atoms with Crippen LogP contribution in [0.3, 0.4) is 0 Å². The second-order valence-corrected chi connectivity index (χ2v) is 67.6. The van der Waals surface area contributed by atoms with E-state index in [1.54, 1.807) is 0 Å². The van der Waals surface area contributed by atoms with Crippen LogP contribution in [0.4, 0.5) is 0 Å². The van der Waals surface area contributed by atoms with Gasteiger partial charge in [0.25, 0.3) is 5.73 Å². The lowest BCUT2D eigenvalue weighted by molar-refractivity contribution is 3.23. The van der Waals surface area contributed by atoms with Crippen LogP contribution >= 0.6 is 111 Å². The van der Waals surface area contributed by atoms with E-state index in [4.69, 9.17) is 111 Å². The first-order valence-corrected chi connectivity index (χ1v) is 27.6. The first-order chi connectivity index (χ1) is 6.31. The maximum Gasteiger partial charge on any atom is 0.356 e. The Bertz CT molecular complexity index is 223. The van der Waals surface area contributed by atoms with Gasteiger partial charge in [0.15, 0.2) is 0 Å². The third-order valence-corrected chi connectivity index (χ3v) is 120. The Morgan fingerprint density at radius 1 is 0.600 bits per heavy atom. The highest BCUT2D eigenvalue weighted by Crippen LogP contribution is 2.50. The highest BCUT2D eigenvalue weighted by molar-refractivity contribution is 8.33. The van der Waals surface area contributed by atoms with Gasteiger partial charge in [0.05, 0.1) is 0 Å². The molecule has 0 bridgehead atoms. The van der Waals surface area contributed by atoms with Crippen molar-refractivity contribution in [2.24, 2.45) is 0 Å². The number of halogens is 10. The molecule has 15 heavy (non-hydrogen) atoms. The molecule has 1 atom stereocenters. The van der Waals surface area contributed by atoms with Crippen LogP contribution in [-0.2, 0) is 0 Å². The molecule has 0 aliphatic heterocycles. The summed E-state index contributed by atoms with van der Waals surface area (Å²) in [5.41, 5.74) is -10.1. The molecule has 0 heterocycles. The molecule has 0 amide bonds. The summed E-state index contributed by atoms with van der Waals surface area (Å²) < 4.78 is 0. The molecule has 0 fully saturated rings. The van der Waals surface area contributed by atoms with Gasteiger partial charge < -0.3 is 0 Å². The van der Waals surface area contributed by atoms with Crippen LogP contribution in [0.5, 0.6) is 0 Å².